The first-order valence-electron chi connectivity index (χ1n) is 9.47. The van der Waals surface area contributed by atoms with Crippen molar-refractivity contribution in [2.24, 2.45) is 17.8 Å². The van der Waals surface area contributed by atoms with E-state index in [4.69, 9.17) is 0 Å². The number of amides is 1. The number of rotatable bonds is 3. The molecule has 2 aliphatic heterocycles. The molecule has 4 nitrogen and oxygen atoms in total. The van der Waals surface area contributed by atoms with Gasteiger partial charge in [0.1, 0.15) is 5.82 Å². The Balaban J connectivity index is 1.28. The van der Waals surface area contributed by atoms with E-state index < -0.39 is 0 Å². The summed E-state index contributed by atoms with van der Waals surface area (Å²) in [6.07, 6.45) is 7.95. The topological polar surface area (TPSA) is 49.0 Å². The normalized spacial score (nSPS) is 31.6. The van der Waals surface area contributed by atoms with Gasteiger partial charge in [-0.3, -0.25) is 4.79 Å². The van der Waals surface area contributed by atoms with Crippen molar-refractivity contribution in [3.05, 3.63) is 30.1 Å². The SMILES string of the molecule is O=C(CCc1nc2ccccc2[nH]1)N1CC2C[C@@H]3CC1C[C@H](C2)C3. The molecule has 4 aliphatic rings. The molecule has 24 heavy (non-hydrogen) atoms. The van der Waals surface area contributed by atoms with Gasteiger partial charge in [0.05, 0.1) is 11.0 Å². The molecule has 2 saturated heterocycles. The number of hydrogen-bond donors (Lipinski definition) is 1. The molecule has 1 aromatic heterocycles. The van der Waals surface area contributed by atoms with E-state index in [1.54, 1.807) is 0 Å². The number of para-hydroxylation sites is 2. The van der Waals surface area contributed by atoms with Crippen LogP contribution in [0.4, 0.5) is 0 Å². The minimum atomic E-state index is 0.341. The Hall–Kier alpha value is -1.84. The van der Waals surface area contributed by atoms with Crippen LogP contribution < -0.4 is 0 Å². The highest BCUT2D eigenvalue weighted by atomic mass is 16.2. The summed E-state index contributed by atoms with van der Waals surface area (Å²) in [5.41, 5.74) is 2.05. The molecule has 2 unspecified atom stereocenters. The quantitative estimate of drug-likeness (QED) is 0.939. The van der Waals surface area contributed by atoms with Crippen LogP contribution in [-0.2, 0) is 11.2 Å². The summed E-state index contributed by atoms with van der Waals surface area (Å²) in [5.74, 6) is 3.82. The van der Waals surface area contributed by atoms with Gasteiger partial charge in [0, 0.05) is 25.4 Å². The molecule has 1 N–H and O–H groups in total. The lowest BCUT2D eigenvalue weighted by atomic mass is 9.68. The zero-order valence-corrected chi connectivity index (χ0v) is 14.1. The van der Waals surface area contributed by atoms with E-state index in [2.05, 4.69) is 14.9 Å². The first-order valence-corrected chi connectivity index (χ1v) is 9.47. The molecular weight excluding hydrogens is 298 g/mol. The van der Waals surface area contributed by atoms with E-state index in [-0.39, 0.29) is 0 Å². The van der Waals surface area contributed by atoms with Crippen LogP contribution >= 0.6 is 0 Å². The molecule has 1 aromatic carbocycles. The molecule has 0 radical (unpaired) electrons. The van der Waals surface area contributed by atoms with Gasteiger partial charge in [0.15, 0.2) is 0 Å². The lowest BCUT2D eigenvalue weighted by Gasteiger charge is -2.39. The first kappa shape index (κ1) is 14.5. The lowest BCUT2D eigenvalue weighted by molar-refractivity contribution is -0.134. The van der Waals surface area contributed by atoms with E-state index in [0.29, 0.717) is 24.8 Å². The maximum absolute atomic E-state index is 12.9. The number of hydrogen-bond acceptors (Lipinski definition) is 2. The summed E-state index contributed by atoms with van der Waals surface area (Å²) in [6, 6.07) is 8.59. The van der Waals surface area contributed by atoms with Crippen LogP contribution in [0.25, 0.3) is 11.0 Å². The maximum atomic E-state index is 12.9. The van der Waals surface area contributed by atoms with Gasteiger partial charge < -0.3 is 9.88 Å². The number of carbonyl (C=O) groups excluding carboxylic acids is 1. The number of carbonyl (C=O) groups is 1. The molecule has 4 atom stereocenters. The summed E-state index contributed by atoms with van der Waals surface area (Å²) in [6.45, 7) is 1.01. The largest absolute Gasteiger partial charge is 0.342 e. The second-order valence-corrected chi connectivity index (χ2v) is 8.18. The fourth-order valence-corrected chi connectivity index (χ4v) is 5.58. The average molecular weight is 323 g/mol. The molecule has 3 heterocycles. The van der Waals surface area contributed by atoms with Gasteiger partial charge >= 0.3 is 0 Å². The number of benzene rings is 1. The van der Waals surface area contributed by atoms with Gasteiger partial charge in [-0.2, -0.15) is 0 Å². The van der Waals surface area contributed by atoms with Crippen molar-refractivity contribution < 1.29 is 4.79 Å². The Morgan fingerprint density at radius 3 is 2.62 bits per heavy atom. The number of nitrogens with one attached hydrogen (secondary N) is 1. The Kier molecular flexibility index (Phi) is 3.39. The van der Waals surface area contributed by atoms with Crippen molar-refractivity contribution in [2.75, 3.05) is 6.54 Å². The molecule has 0 spiro atoms. The highest BCUT2D eigenvalue weighted by Gasteiger charge is 2.43. The molecular formula is C20H25N3O. The molecule has 4 bridgehead atoms. The van der Waals surface area contributed by atoms with Gasteiger partial charge in [-0.25, -0.2) is 4.98 Å². The van der Waals surface area contributed by atoms with Crippen LogP contribution in [-0.4, -0.2) is 33.4 Å². The monoisotopic (exact) mass is 323 g/mol. The van der Waals surface area contributed by atoms with Crippen LogP contribution in [0.3, 0.4) is 0 Å². The summed E-state index contributed by atoms with van der Waals surface area (Å²) in [7, 11) is 0. The molecule has 6 rings (SSSR count). The van der Waals surface area contributed by atoms with Crippen LogP contribution in [0.1, 0.15) is 44.3 Å². The standard InChI is InChI=1S/C20H25N3O/c24-20(6-5-19-21-17-3-1-2-4-18(17)22-19)23-12-15-8-13-7-14(9-15)11-16(23)10-13/h1-4,13-16H,5-12H2,(H,21,22)/t13-,14+,15?,16?. The molecule has 2 aromatic rings. The second kappa shape index (κ2) is 5.61. The number of aromatic nitrogens is 2. The van der Waals surface area contributed by atoms with Crippen molar-refractivity contribution in [1.82, 2.24) is 14.9 Å². The molecule has 2 saturated carbocycles. The number of fused-ring (bicyclic) bond motifs is 2. The van der Waals surface area contributed by atoms with Crippen molar-refractivity contribution >= 4 is 16.9 Å². The Bertz CT molecular complexity index is 720. The van der Waals surface area contributed by atoms with Crippen LogP contribution in [0.2, 0.25) is 0 Å². The third-order valence-electron chi connectivity index (χ3n) is 6.44. The zero-order chi connectivity index (χ0) is 16.1. The molecule has 126 valence electrons. The van der Waals surface area contributed by atoms with Gasteiger partial charge in [-0.15, -0.1) is 0 Å². The molecule has 2 aliphatic carbocycles. The molecule has 4 fully saturated rings. The highest BCUT2D eigenvalue weighted by molar-refractivity contribution is 5.77. The van der Waals surface area contributed by atoms with E-state index in [1.165, 1.54) is 32.1 Å². The number of imidazole rings is 1. The summed E-state index contributed by atoms with van der Waals surface area (Å²) in [4.78, 5) is 23.1. The van der Waals surface area contributed by atoms with Crippen LogP contribution in [0, 0.1) is 17.8 Å². The number of aromatic amines is 1. The fourth-order valence-electron chi connectivity index (χ4n) is 5.58. The lowest BCUT2D eigenvalue weighted by Crippen LogP contribution is -2.42. The minimum absolute atomic E-state index is 0.341. The number of aryl methyl sites for hydroxylation is 1. The number of H-pyrrole nitrogens is 1. The zero-order valence-electron chi connectivity index (χ0n) is 14.1. The van der Waals surface area contributed by atoms with Gasteiger partial charge in [-0.05, 0) is 62.0 Å². The number of nitrogens with zero attached hydrogens (tertiary/aromatic N) is 2. The van der Waals surface area contributed by atoms with Crippen LogP contribution in [0.5, 0.6) is 0 Å². The van der Waals surface area contributed by atoms with E-state index in [9.17, 15) is 4.79 Å². The third kappa shape index (κ3) is 2.52. The van der Waals surface area contributed by atoms with Crippen LogP contribution in [0.15, 0.2) is 24.3 Å². The van der Waals surface area contributed by atoms with Crippen molar-refractivity contribution in [2.45, 2.75) is 51.0 Å². The molecule has 1 amide bonds. The maximum Gasteiger partial charge on any atom is 0.223 e. The smallest absolute Gasteiger partial charge is 0.223 e. The van der Waals surface area contributed by atoms with E-state index in [1.807, 2.05) is 24.3 Å². The summed E-state index contributed by atoms with van der Waals surface area (Å²) in [5, 5.41) is 0. The third-order valence-corrected chi connectivity index (χ3v) is 6.44. The van der Waals surface area contributed by atoms with E-state index >= 15 is 0 Å². The summed E-state index contributed by atoms with van der Waals surface area (Å²) >= 11 is 0. The fraction of sp³-hybridized carbons (Fsp3) is 0.600. The Morgan fingerprint density at radius 1 is 1.08 bits per heavy atom. The minimum Gasteiger partial charge on any atom is -0.342 e. The predicted octanol–water partition coefficient (Wildman–Crippen LogP) is 3.53. The van der Waals surface area contributed by atoms with Gasteiger partial charge in [-0.1, -0.05) is 12.1 Å². The van der Waals surface area contributed by atoms with Crippen molar-refractivity contribution in [3.8, 4) is 0 Å². The second-order valence-electron chi connectivity index (χ2n) is 8.18. The summed E-state index contributed by atoms with van der Waals surface area (Å²) < 4.78 is 0. The Labute approximate surface area is 142 Å². The predicted molar refractivity (Wildman–Crippen MR) is 93.5 cm³/mol. The highest BCUT2D eigenvalue weighted by Crippen LogP contribution is 2.47. The van der Waals surface area contributed by atoms with Gasteiger partial charge in [0.25, 0.3) is 0 Å². The average Bonchev–Trinajstić information content (AvgIpc) is 2.89. The van der Waals surface area contributed by atoms with Crippen molar-refractivity contribution in [1.29, 1.82) is 0 Å². The van der Waals surface area contributed by atoms with Gasteiger partial charge in [0.2, 0.25) is 5.91 Å². The molecule has 4 heteroatoms. The Morgan fingerprint density at radius 2 is 1.83 bits per heavy atom. The van der Waals surface area contributed by atoms with Crippen molar-refractivity contribution in [3.63, 3.8) is 0 Å². The van der Waals surface area contributed by atoms with E-state index in [0.717, 1.165) is 41.2 Å². The first-order chi connectivity index (χ1) is 11.7.